The van der Waals surface area contributed by atoms with Crippen molar-refractivity contribution in [2.45, 2.75) is 39.8 Å². The smallest absolute Gasteiger partial charge is 0.339 e. The van der Waals surface area contributed by atoms with Gasteiger partial charge < -0.3 is 15.0 Å². The number of hydrogen-bond donors (Lipinski definition) is 1. The standard InChI is InChI=1S/C25H27N3O3/c1-15-9-10-18(13-16(15)2)26-24(29)17(3)31-25(30)23-19-7-5-6-8-21(19)27-22-11-12-28(4)14-20(22)23/h5-10,13,17H,11-12,14H2,1-4H3,(H,26,29). The topological polar surface area (TPSA) is 71.5 Å². The van der Waals surface area contributed by atoms with E-state index in [1.165, 1.54) is 0 Å². The summed E-state index contributed by atoms with van der Waals surface area (Å²) in [5, 5.41) is 3.59. The summed E-state index contributed by atoms with van der Waals surface area (Å²) in [5.41, 5.74) is 6.01. The summed E-state index contributed by atoms with van der Waals surface area (Å²) < 4.78 is 5.64. The van der Waals surface area contributed by atoms with Crippen molar-refractivity contribution in [1.82, 2.24) is 9.88 Å². The van der Waals surface area contributed by atoms with Crippen LogP contribution in [0, 0.1) is 13.8 Å². The number of likely N-dealkylation sites (N-methyl/N-ethyl adjacent to an activating group) is 1. The SMILES string of the molecule is Cc1ccc(NC(=O)C(C)OC(=O)c2c3c(nc4ccccc24)CCN(C)C3)cc1C. The molecule has 1 aliphatic heterocycles. The number of rotatable bonds is 4. The number of carbonyl (C=O) groups is 2. The lowest BCUT2D eigenvalue weighted by Gasteiger charge is -2.27. The molecule has 1 N–H and O–H groups in total. The van der Waals surface area contributed by atoms with Crippen LogP contribution >= 0.6 is 0 Å². The van der Waals surface area contributed by atoms with Crippen LogP contribution in [0.4, 0.5) is 5.69 Å². The van der Waals surface area contributed by atoms with Gasteiger partial charge in [-0.15, -0.1) is 0 Å². The number of pyridine rings is 1. The van der Waals surface area contributed by atoms with Crippen LogP contribution in [0.1, 0.15) is 39.7 Å². The van der Waals surface area contributed by atoms with Crippen LogP contribution in [-0.4, -0.2) is 41.5 Å². The van der Waals surface area contributed by atoms with E-state index in [0.717, 1.165) is 46.3 Å². The number of benzene rings is 2. The summed E-state index contributed by atoms with van der Waals surface area (Å²) in [4.78, 5) is 32.8. The number of aryl methyl sites for hydroxylation is 2. The van der Waals surface area contributed by atoms with E-state index in [-0.39, 0.29) is 5.91 Å². The lowest BCUT2D eigenvalue weighted by atomic mass is 9.96. The second-order valence-electron chi connectivity index (χ2n) is 8.25. The van der Waals surface area contributed by atoms with E-state index in [9.17, 15) is 9.59 Å². The van der Waals surface area contributed by atoms with Crippen molar-refractivity contribution in [2.75, 3.05) is 18.9 Å². The van der Waals surface area contributed by atoms with E-state index in [1.54, 1.807) is 6.92 Å². The monoisotopic (exact) mass is 417 g/mol. The number of esters is 1. The number of fused-ring (bicyclic) bond motifs is 2. The van der Waals surface area contributed by atoms with Crippen molar-refractivity contribution in [1.29, 1.82) is 0 Å². The average Bonchev–Trinajstić information content (AvgIpc) is 2.74. The largest absolute Gasteiger partial charge is 0.449 e. The molecule has 4 rings (SSSR count). The molecule has 6 heteroatoms. The van der Waals surface area contributed by atoms with Crippen LogP contribution in [0.5, 0.6) is 0 Å². The number of carbonyl (C=O) groups excluding carboxylic acids is 2. The lowest BCUT2D eigenvalue weighted by Crippen LogP contribution is -2.32. The molecule has 3 aromatic rings. The summed E-state index contributed by atoms with van der Waals surface area (Å²) in [6, 6.07) is 13.3. The molecular weight excluding hydrogens is 390 g/mol. The van der Waals surface area contributed by atoms with E-state index in [2.05, 4.69) is 10.2 Å². The number of ether oxygens (including phenoxy) is 1. The van der Waals surface area contributed by atoms with Crippen molar-refractivity contribution in [3.8, 4) is 0 Å². The maximum absolute atomic E-state index is 13.3. The maximum atomic E-state index is 13.3. The number of nitrogens with zero attached hydrogens (tertiary/aromatic N) is 2. The van der Waals surface area contributed by atoms with Gasteiger partial charge in [0.25, 0.3) is 5.91 Å². The molecule has 1 amide bonds. The molecule has 1 aromatic heterocycles. The molecule has 0 fully saturated rings. The molecule has 1 unspecified atom stereocenters. The van der Waals surface area contributed by atoms with Gasteiger partial charge in [-0.3, -0.25) is 9.78 Å². The zero-order valence-electron chi connectivity index (χ0n) is 18.4. The molecule has 2 aromatic carbocycles. The average molecular weight is 418 g/mol. The highest BCUT2D eigenvalue weighted by molar-refractivity contribution is 6.06. The van der Waals surface area contributed by atoms with Gasteiger partial charge in [0, 0.05) is 41.8 Å². The Morgan fingerprint density at radius 1 is 1.13 bits per heavy atom. The number of hydrogen-bond acceptors (Lipinski definition) is 5. The molecule has 1 aliphatic rings. The normalized spacial score (nSPS) is 14.7. The first-order valence-corrected chi connectivity index (χ1v) is 10.5. The van der Waals surface area contributed by atoms with Gasteiger partial charge in [-0.25, -0.2) is 4.79 Å². The minimum absolute atomic E-state index is 0.360. The van der Waals surface area contributed by atoms with Crippen molar-refractivity contribution in [3.63, 3.8) is 0 Å². The predicted octanol–water partition coefficient (Wildman–Crippen LogP) is 4.02. The van der Waals surface area contributed by atoms with Crippen molar-refractivity contribution < 1.29 is 14.3 Å². The Morgan fingerprint density at radius 3 is 2.68 bits per heavy atom. The highest BCUT2D eigenvalue weighted by atomic mass is 16.5. The first-order valence-electron chi connectivity index (χ1n) is 10.5. The summed E-state index contributed by atoms with van der Waals surface area (Å²) in [7, 11) is 2.02. The number of amides is 1. The van der Waals surface area contributed by atoms with E-state index < -0.39 is 12.1 Å². The van der Waals surface area contributed by atoms with Crippen LogP contribution in [-0.2, 0) is 22.5 Å². The number of nitrogens with one attached hydrogen (secondary N) is 1. The fourth-order valence-corrected chi connectivity index (χ4v) is 3.89. The minimum atomic E-state index is -0.932. The molecule has 0 saturated carbocycles. The van der Waals surface area contributed by atoms with E-state index in [0.29, 0.717) is 17.8 Å². The molecule has 0 spiro atoms. The Balaban J connectivity index is 1.60. The predicted molar refractivity (Wildman–Crippen MR) is 121 cm³/mol. The fourth-order valence-electron chi connectivity index (χ4n) is 3.89. The molecule has 1 atom stereocenters. The third-order valence-electron chi connectivity index (χ3n) is 5.87. The molecule has 0 aliphatic carbocycles. The first-order chi connectivity index (χ1) is 14.8. The summed E-state index contributed by atoms with van der Waals surface area (Å²) >= 11 is 0. The van der Waals surface area contributed by atoms with Gasteiger partial charge in [0.1, 0.15) is 0 Å². The van der Waals surface area contributed by atoms with Crippen molar-refractivity contribution >= 4 is 28.5 Å². The molecule has 2 heterocycles. The van der Waals surface area contributed by atoms with Crippen LogP contribution in [0.15, 0.2) is 42.5 Å². The summed E-state index contributed by atoms with van der Waals surface area (Å²) in [6.45, 7) is 7.12. The Kier molecular flexibility index (Phi) is 5.74. The second kappa shape index (κ2) is 8.47. The van der Waals surface area contributed by atoms with Crippen molar-refractivity contribution in [2.24, 2.45) is 0 Å². The van der Waals surface area contributed by atoms with Gasteiger partial charge in [-0.05, 0) is 57.1 Å². The lowest BCUT2D eigenvalue weighted by molar-refractivity contribution is -0.123. The number of anilines is 1. The third-order valence-corrected chi connectivity index (χ3v) is 5.87. The van der Waals surface area contributed by atoms with Gasteiger partial charge in [0.05, 0.1) is 11.1 Å². The molecule has 0 saturated heterocycles. The summed E-state index contributed by atoms with van der Waals surface area (Å²) in [6.07, 6.45) is -0.155. The number of para-hydroxylation sites is 1. The van der Waals surface area contributed by atoms with Gasteiger partial charge in [-0.2, -0.15) is 0 Å². The van der Waals surface area contributed by atoms with Crippen molar-refractivity contribution in [3.05, 3.63) is 70.4 Å². The molecule has 0 radical (unpaired) electrons. The van der Waals surface area contributed by atoms with E-state index in [1.807, 2.05) is 63.4 Å². The highest BCUT2D eigenvalue weighted by Gasteiger charge is 2.27. The van der Waals surface area contributed by atoms with Crippen LogP contribution in [0.25, 0.3) is 10.9 Å². The zero-order valence-corrected chi connectivity index (χ0v) is 18.4. The molecule has 160 valence electrons. The second-order valence-corrected chi connectivity index (χ2v) is 8.25. The van der Waals surface area contributed by atoms with Crippen LogP contribution in [0.2, 0.25) is 0 Å². The van der Waals surface area contributed by atoms with Gasteiger partial charge in [0.15, 0.2) is 6.10 Å². The zero-order chi connectivity index (χ0) is 22.1. The third kappa shape index (κ3) is 4.30. The molecule has 6 nitrogen and oxygen atoms in total. The highest BCUT2D eigenvalue weighted by Crippen LogP contribution is 2.28. The minimum Gasteiger partial charge on any atom is -0.449 e. The van der Waals surface area contributed by atoms with E-state index >= 15 is 0 Å². The Bertz CT molecular complexity index is 1170. The summed E-state index contributed by atoms with van der Waals surface area (Å²) in [5.74, 6) is -0.853. The quantitative estimate of drug-likeness (QED) is 0.649. The van der Waals surface area contributed by atoms with Gasteiger partial charge in [0.2, 0.25) is 0 Å². The van der Waals surface area contributed by atoms with Gasteiger partial charge in [-0.1, -0.05) is 24.3 Å². The maximum Gasteiger partial charge on any atom is 0.339 e. The Labute approximate surface area is 182 Å². The van der Waals surface area contributed by atoms with Crippen LogP contribution < -0.4 is 5.32 Å². The van der Waals surface area contributed by atoms with Crippen LogP contribution in [0.3, 0.4) is 0 Å². The first kappa shape index (κ1) is 21.0. The Morgan fingerprint density at radius 2 is 1.90 bits per heavy atom. The molecule has 31 heavy (non-hydrogen) atoms. The number of aromatic nitrogens is 1. The van der Waals surface area contributed by atoms with E-state index in [4.69, 9.17) is 9.72 Å². The fraction of sp³-hybridized carbons (Fsp3) is 0.320. The molecular formula is C25H27N3O3. The Hall–Kier alpha value is -3.25. The van der Waals surface area contributed by atoms with Gasteiger partial charge >= 0.3 is 5.97 Å². The molecule has 0 bridgehead atoms.